The first-order chi connectivity index (χ1) is 12.6. The number of thioether (sulfide) groups is 1. The lowest BCUT2D eigenvalue weighted by molar-refractivity contribution is -0.123. The van der Waals surface area contributed by atoms with Gasteiger partial charge in [-0.2, -0.15) is 13.2 Å². The van der Waals surface area contributed by atoms with Crippen LogP contribution in [0.3, 0.4) is 0 Å². The molecule has 0 saturated carbocycles. The molecular formula is C18H17F3N2O3S. The zero-order valence-corrected chi connectivity index (χ0v) is 15.3. The number of carbonyl (C=O) groups is 2. The van der Waals surface area contributed by atoms with E-state index in [0.29, 0.717) is 5.75 Å². The van der Waals surface area contributed by atoms with Crippen LogP contribution in [0, 0.1) is 13.8 Å². The smallest absolute Gasteiger partial charge is 0.446 e. The summed E-state index contributed by atoms with van der Waals surface area (Å²) in [5.41, 5.74) is 2.06. The number of halogens is 3. The van der Waals surface area contributed by atoms with Crippen LogP contribution in [0.4, 0.5) is 13.2 Å². The Labute approximate surface area is 158 Å². The van der Waals surface area contributed by atoms with E-state index in [-0.39, 0.29) is 28.8 Å². The molecule has 0 fully saturated rings. The molecule has 0 heterocycles. The molecule has 27 heavy (non-hydrogen) atoms. The van der Waals surface area contributed by atoms with E-state index in [9.17, 15) is 22.8 Å². The molecule has 144 valence electrons. The van der Waals surface area contributed by atoms with E-state index in [1.165, 1.54) is 24.3 Å². The number of hydrogen-bond donors (Lipinski definition) is 2. The van der Waals surface area contributed by atoms with Crippen molar-refractivity contribution in [3.8, 4) is 5.75 Å². The van der Waals surface area contributed by atoms with E-state index in [2.05, 4.69) is 10.9 Å². The van der Waals surface area contributed by atoms with Gasteiger partial charge < -0.3 is 4.74 Å². The predicted molar refractivity (Wildman–Crippen MR) is 95.4 cm³/mol. The molecule has 9 heteroatoms. The van der Waals surface area contributed by atoms with Gasteiger partial charge in [0, 0.05) is 10.5 Å². The molecule has 0 bridgehead atoms. The van der Waals surface area contributed by atoms with Gasteiger partial charge in [-0.1, -0.05) is 6.07 Å². The van der Waals surface area contributed by atoms with E-state index >= 15 is 0 Å². The summed E-state index contributed by atoms with van der Waals surface area (Å²) >= 11 is -0.272. The summed E-state index contributed by atoms with van der Waals surface area (Å²) in [4.78, 5) is 23.6. The Morgan fingerprint density at radius 1 is 1.00 bits per heavy atom. The number of nitrogens with one attached hydrogen (secondary N) is 2. The van der Waals surface area contributed by atoms with Gasteiger partial charge in [-0.3, -0.25) is 20.4 Å². The molecule has 0 atom stereocenters. The third-order valence-electron chi connectivity index (χ3n) is 3.23. The maximum absolute atomic E-state index is 12.3. The normalized spacial score (nSPS) is 11.0. The van der Waals surface area contributed by atoms with E-state index in [4.69, 9.17) is 4.74 Å². The zero-order chi connectivity index (χ0) is 20.0. The van der Waals surface area contributed by atoms with Crippen LogP contribution in [-0.2, 0) is 4.79 Å². The fourth-order valence-electron chi connectivity index (χ4n) is 2.21. The minimum absolute atomic E-state index is 0.0371. The molecule has 0 spiro atoms. The summed E-state index contributed by atoms with van der Waals surface area (Å²) in [5, 5.41) is 0. The number of amides is 2. The molecule has 2 aromatic carbocycles. The van der Waals surface area contributed by atoms with Crippen molar-refractivity contribution in [1.29, 1.82) is 0 Å². The molecule has 0 aliphatic rings. The Bertz CT molecular complexity index is 803. The lowest BCUT2D eigenvalue weighted by Crippen LogP contribution is -2.43. The van der Waals surface area contributed by atoms with Crippen LogP contribution in [0.5, 0.6) is 5.75 Å². The van der Waals surface area contributed by atoms with Gasteiger partial charge in [-0.25, -0.2) is 0 Å². The first kappa shape index (κ1) is 20.6. The highest BCUT2D eigenvalue weighted by Gasteiger charge is 2.29. The molecule has 2 N–H and O–H groups in total. The summed E-state index contributed by atoms with van der Waals surface area (Å²) in [5.74, 6) is -0.697. The van der Waals surface area contributed by atoms with Gasteiger partial charge in [-0.15, -0.1) is 0 Å². The van der Waals surface area contributed by atoms with Crippen LogP contribution in [0.1, 0.15) is 21.5 Å². The quantitative estimate of drug-likeness (QED) is 0.595. The molecule has 2 aromatic rings. The number of rotatable bonds is 5. The number of hydrazine groups is 1. The van der Waals surface area contributed by atoms with Gasteiger partial charge in [0.25, 0.3) is 11.8 Å². The SMILES string of the molecule is Cc1cc(C)cc(OCC(=O)NNC(=O)c2ccc(SC(F)(F)F)cc2)c1. The molecular weight excluding hydrogens is 381 g/mol. The van der Waals surface area contributed by atoms with E-state index in [1.54, 1.807) is 12.1 Å². The maximum atomic E-state index is 12.3. The van der Waals surface area contributed by atoms with Gasteiger partial charge in [0.1, 0.15) is 5.75 Å². The summed E-state index contributed by atoms with van der Waals surface area (Å²) in [6.07, 6.45) is 0. The van der Waals surface area contributed by atoms with Crippen molar-refractivity contribution in [3.63, 3.8) is 0 Å². The third-order valence-corrected chi connectivity index (χ3v) is 3.97. The standard InChI is InChI=1S/C18H17F3N2O3S/c1-11-7-12(2)9-14(8-11)26-10-16(24)22-23-17(25)13-3-5-15(6-4-13)27-18(19,20)21/h3-9H,10H2,1-2H3,(H,22,24)(H,23,25). The van der Waals surface area contributed by atoms with Crippen molar-refractivity contribution < 1.29 is 27.5 Å². The highest BCUT2D eigenvalue weighted by molar-refractivity contribution is 8.00. The first-order valence-corrected chi connectivity index (χ1v) is 8.60. The van der Waals surface area contributed by atoms with Crippen molar-refractivity contribution in [2.75, 3.05) is 6.61 Å². The van der Waals surface area contributed by atoms with Crippen LogP contribution < -0.4 is 15.6 Å². The molecule has 0 radical (unpaired) electrons. The number of carbonyl (C=O) groups excluding carboxylic acids is 2. The second-order valence-electron chi connectivity index (χ2n) is 5.69. The average Bonchev–Trinajstić information content (AvgIpc) is 2.56. The van der Waals surface area contributed by atoms with E-state index < -0.39 is 17.3 Å². The van der Waals surface area contributed by atoms with Crippen molar-refractivity contribution in [2.45, 2.75) is 24.3 Å². The summed E-state index contributed by atoms with van der Waals surface area (Å²) < 4.78 is 42.2. The van der Waals surface area contributed by atoms with Crippen LogP contribution in [0.15, 0.2) is 47.4 Å². The van der Waals surface area contributed by atoms with Crippen molar-refractivity contribution in [2.24, 2.45) is 0 Å². The second kappa shape index (κ2) is 8.81. The largest absolute Gasteiger partial charge is 0.484 e. The average molecular weight is 398 g/mol. The Hall–Kier alpha value is -2.68. The monoisotopic (exact) mass is 398 g/mol. The highest BCUT2D eigenvalue weighted by atomic mass is 32.2. The fraction of sp³-hybridized carbons (Fsp3) is 0.222. The third kappa shape index (κ3) is 7.22. The number of ether oxygens (including phenoxy) is 1. The zero-order valence-electron chi connectivity index (χ0n) is 14.5. The predicted octanol–water partition coefficient (Wildman–Crippen LogP) is 3.76. The Morgan fingerprint density at radius 3 is 2.15 bits per heavy atom. The Morgan fingerprint density at radius 2 is 1.59 bits per heavy atom. The molecule has 0 saturated heterocycles. The topological polar surface area (TPSA) is 67.4 Å². The van der Waals surface area contributed by atoms with Crippen LogP contribution >= 0.6 is 11.8 Å². The van der Waals surface area contributed by atoms with Crippen LogP contribution in [0.25, 0.3) is 0 Å². The highest BCUT2D eigenvalue weighted by Crippen LogP contribution is 2.36. The number of alkyl halides is 3. The number of benzene rings is 2. The lowest BCUT2D eigenvalue weighted by atomic mass is 10.1. The molecule has 0 aromatic heterocycles. The van der Waals surface area contributed by atoms with Gasteiger partial charge in [-0.05, 0) is 73.1 Å². The van der Waals surface area contributed by atoms with Crippen molar-refractivity contribution in [1.82, 2.24) is 10.9 Å². The minimum atomic E-state index is -4.40. The summed E-state index contributed by atoms with van der Waals surface area (Å²) in [6, 6.07) is 10.4. The molecule has 0 aliphatic carbocycles. The Balaban J connectivity index is 1.81. The van der Waals surface area contributed by atoms with Gasteiger partial charge >= 0.3 is 5.51 Å². The second-order valence-corrected chi connectivity index (χ2v) is 6.83. The lowest BCUT2D eigenvalue weighted by Gasteiger charge is -2.10. The molecule has 0 aliphatic heterocycles. The number of aryl methyl sites for hydroxylation is 2. The number of hydrogen-bond acceptors (Lipinski definition) is 4. The molecule has 2 rings (SSSR count). The van der Waals surface area contributed by atoms with Gasteiger partial charge in [0.15, 0.2) is 6.61 Å². The van der Waals surface area contributed by atoms with Crippen molar-refractivity contribution >= 4 is 23.6 Å². The molecule has 2 amide bonds. The van der Waals surface area contributed by atoms with Crippen molar-refractivity contribution in [3.05, 3.63) is 59.2 Å². The minimum Gasteiger partial charge on any atom is -0.484 e. The van der Waals surface area contributed by atoms with Gasteiger partial charge in [0.2, 0.25) is 0 Å². The fourth-order valence-corrected chi connectivity index (χ4v) is 2.75. The van der Waals surface area contributed by atoms with Gasteiger partial charge in [0.05, 0.1) is 0 Å². The van der Waals surface area contributed by atoms with E-state index in [0.717, 1.165) is 11.1 Å². The van der Waals surface area contributed by atoms with Crippen LogP contribution in [-0.4, -0.2) is 23.9 Å². The maximum Gasteiger partial charge on any atom is 0.446 e. The summed E-state index contributed by atoms with van der Waals surface area (Å²) in [6.45, 7) is 3.50. The first-order valence-electron chi connectivity index (χ1n) is 7.78. The summed E-state index contributed by atoms with van der Waals surface area (Å²) in [7, 11) is 0. The Kier molecular flexibility index (Phi) is 6.73. The molecule has 0 unspecified atom stereocenters. The van der Waals surface area contributed by atoms with Crippen LogP contribution in [0.2, 0.25) is 0 Å². The van der Waals surface area contributed by atoms with E-state index in [1.807, 2.05) is 19.9 Å². The molecule has 5 nitrogen and oxygen atoms in total.